The largest absolute Gasteiger partial charge is 0.519 e. The highest BCUT2D eigenvalue weighted by Crippen LogP contribution is 2.19. The molecule has 0 radical (unpaired) electrons. The molecule has 0 saturated heterocycles. The number of rotatable bonds is 12. The summed E-state index contributed by atoms with van der Waals surface area (Å²) in [6, 6.07) is 6.69. The SMILES string of the molecule is C.C.CC(C)(C)OC(=O)Nc1ccncc1CCO.CC(C)(C)OC(=O)Nc1ccncc1CCOS(C)(=O)=O.CC(C)(C)OC(=O)OC(=O)OC(C)(C)C.CS(=O)(=O)Cl.Nc1ccncc1CCO.Nc1ccncc1CC[18F]. The summed E-state index contributed by atoms with van der Waals surface area (Å²) in [6.07, 6.45) is 13.1. The maximum Gasteiger partial charge on any atom is 0.519 e. The lowest BCUT2D eigenvalue weighted by Crippen LogP contribution is -2.29. The third-order valence-electron chi connectivity index (χ3n) is 7.70. The van der Waals surface area contributed by atoms with Gasteiger partial charge in [0.2, 0.25) is 9.05 Å². The van der Waals surface area contributed by atoms with Gasteiger partial charge >= 0.3 is 24.5 Å². The molecule has 24 nitrogen and oxygen atoms in total. The molecule has 456 valence electrons. The molecule has 0 aromatic carbocycles. The highest BCUT2D eigenvalue weighted by Gasteiger charge is 2.24. The van der Waals surface area contributed by atoms with Crippen molar-refractivity contribution in [3.63, 3.8) is 0 Å². The van der Waals surface area contributed by atoms with Crippen LogP contribution in [-0.4, -0.2) is 133 Å². The molecule has 0 unspecified atom stereocenters. The number of alkyl halides is 1. The van der Waals surface area contributed by atoms with E-state index in [2.05, 4.69) is 50.2 Å². The highest BCUT2D eigenvalue weighted by atomic mass is 35.7. The van der Waals surface area contributed by atoms with E-state index in [1.54, 1.807) is 151 Å². The molecule has 4 aromatic rings. The van der Waals surface area contributed by atoms with E-state index in [0.717, 1.165) is 29.2 Å². The summed E-state index contributed by atoms with van der Waals surface area (Å²) in [5.74, 6) is 0. The molecular weight excluding hydrogens is 1110 g/mol. The summed E-state index contributed by atoms with van der Waals surface area (Å²) in [5, 5.41) is 22.7. The minimum absolute atomic E-state index is 0. The lowest BCUT2D eigenvalue weighted by Gasteiger charge is -2.20. The highest BCUT2D eigenvalue weighted by molar-refractivity contribution is 8.13. The van der Waals surface area contributed by atoms with Gasteiger partial charge in [0.25, 0.3) is 10.1 Å². The van der Waals surface area contributed by atoms with Crippen LogP contribution >= 0.6 is 10.7 Å². The summed E-state index contributed by atoms with van der Waals surface area (Å²) in [5.41, 5.74) is 14.1. The maximum atomic E-state index is 11.8. The number of hydrogen-bond donors (Lipinski definition) is 6. The van der Waals surface area contributed by atoms with E-state index in [1.165, 1.54) is 6.20 Å². The van der Waals surface area contributed by atoms with Crippen molar-refractivity contribution in [3.8, 4) is 0 Å². The number of nitrogens with zero attached hydrogens (tertiary/aromatic N) is 4. The number of aromatic nitrogens is 4. The van der Waals surface area contributed by atoms with Crippen molar-refractivity contribution in [2.24, 2.45) is 0 Å². The van der Waals surface area contributed by atoms with Crippen molar-refractivity contribution in [1.82, 2.24) is 19.9 Å². The number of nitrogens with one attached hydrogen (secondary N) is 2. The van der Waals surface area contributed by atoms with E-state index in [9.17, 15) is 40.4 Å². The Morgan fingerprint density at radius 1 is 0.550 bits per heavy atom. The third-order valence-corrected chi connectivity index (χ3v) is 8.30. The molecule has 4 rings (SSSR count). The molecule has 0 saturated carbocycles. The average molecular weight is 1200 g/mol. The molecule has 0 atom stereocenters. The zero-order valence-electron chi connectivity index (χ0n) is 46.7. The average Bonchev–Trinajstić information content (AvgIpc) is 3.24. The first-order chi connectivity index (χ1) is 35.7. The van der Waals surface area contributed by atoms with Crippen LogP contribution in [0.3, 0.4) is 0 Å². The number of hydrogen-bond acceptors (Lipinski definition) is 22. The van der Waals surface area contributed by atoms with E-state index < -0.39 is 66.1 Å². The van der Waals surface area contributed by atoms with Crippen LogP contribution in [0, 0.1) is 0 Å². The fourth-order valence-electron chi connectivity index (χ4n) is 4.87. The number of aliphatic hydroxyl groups is 2. The van der Waals surface area contributed by atoms with Gasteiger partial charge in [0, 0.05) is 97.7 Å². The number of aryl methyl sites for hydroxylation is 1. The molecule has 4 heterocycles. The lowest BCUT2D eigenvalue weighted by molar-refractivity contribution is -0.0294. The fourth-order valence-corrected chi connectivity index (χ4v) is 5.26. The van der Waals surface area contributed by atoms with Crippen molar-refractivity contribution in [1.29, 1.82) is 0 Å². The molecule has 0 aliphatic heterocycles. The van der Waals surface area contributed by atoms with Crippen molar-refractivity contribution < 1.29 is 78.5 Å². The molecule has 80 heavy (non-hydrogen) atoms. The predicted octanol–water partition coefficient (Wildman–Crippen LogP) is 9.62. The van der Waals surface area contributed by atoms with Gasteiger partial charge in [0.05, 0.1) is 37.2 Å². The van der Waals surface area contributed by atoms with Crippen molar-refractivity contribution in [2.45, 2.75) is 146 Å². The second-order valence-electron chi connectivity index (χ2n) is 19.8. The first-order valence-electron chi connectivity index (χ1n) is 23.6. The van der Waals surface area contributed by atoms with Gasteiger partial charge in [0.15, 0.2) is 0 Å². The summed E-state index contributed by atoms with van der Waals surface area (Å²) < 4.78 is 81.2. The van der Waals surface area contributed by atoms with Gasteiger partial charge in [-0.2, -0.15) is 8.42 Å². The Labute approximate surface area is 476 Å². The van der Waals surface area contributed by atoms with Crippen LogP contribution in [0.15, 0.2) is 73.8 Å². The zero-order chi connectivity index (χ0) is 60.6. The molecule has 0 fully saturated rings. The van der Waals surface area contributed by atoms with Gasteiger partial charge < -0.3 is 45.4 Å². The third kappa shape index (κ3) is 48.6. The molecule has 0 aliphatic carbocycles. The van der Waals surface area contributed by atoms with Gasteiger partial charge in [-0.3, -0.25) is 39.1 Å². The summed E-state index contributed by atoms with van der Waals surface area (Å²) in [4.78, 5) is 60.9. The predicted molar refractivity (Wildman–Crippen MR) is 309 cm³/mol. The standard InChI is InChI=1S/C13H20N2O5S.C12H18N2O3.C10H18O5.C7H9FN2.C7H10N2O.CH3ClO2S.2CH4/c1-13(2,3)20-12(16)15-11-5-7-14-9-10(11)6-8-19-21(4,17)18;1-12(2,3)17-11(16)14-10-4-6-13-8-9(10)5-7-15;1-9(2,3)14-7(11)13-8(12)15-10(4,5)6;8-3-1-6-5-10-4-2-7(6)9;8-7-1-3-9-5-6(7)2-4-10;1-5(2,3)4;;/h5,7,9H,6,8H2,1-4H3,(H,14,15,16);4,6,8,15H,5,7H2,1-3H3,(H,13,14,16);1-6H3;2,4-5H,1,3H2,(H2,9,10);1,3,5,10H,2,4H2,(H2,8,9);1H3;2*1H4/i;;;8-1;;;;. The van der Waals surface area contributed by atoms with Crippen LogP contribution < -0.4 is 22.1 Å². The van der Waals surface area contributed by atoms with Crippen LogP contribution in [-0.2, 0) is 72.7 Å². The summed E-state index contributed by atoms with van der Waals surface area (Å²) >= 11 is 0. The number of halogens is 2. The van der Waals surface area contributed by atoms with Gasteiger partial charge in [-0.25, -0.2) is 27.6 Å². The van der Waals surface area contributed by atoms with Crippen LogP contribution in [0.5, 0.6) is 0 Å². The van der Waals surface area contributed by atoms with E-state index in [4.69, 9.17) is 40.6 Å². The minimum Gasteiger partial charge on any atom is -0.444 e. The summed E-state index contributed by atoms with van der Waals surface area (Å²) in [6.45, 7) is 20.4. The molecule has 28 heteroatoms. The molecule has 2 amide bonds. The van der Waals surface area contributed by atoms with Gasteiger partial charge in [-0.05, 0) is 142 Å². The number of ether oxygens (including phenoxy) is 5. The molecule has 8 N–H and O–H groups in total. The second kappa shape index (κ2) is 39.0. The van der Waals surface area contributed by atoms with E-state index in [0.29, 0.717) is 54.0 Å². The van der Waals surface area contributed by atoms with Crippen LogP contribution in [0.1, 0.15) is 120 Å². The molecular formula is C52H86ClFN8O16S2. The van der Waals surface area contributed by atoms with Crippen molar-refractivity contribution in [2.75, 3.05) is 61.1 Å². The Balaban J connectivity index is -0.000000448. The number of nitrogen functional groups attached to an aromatic ring is 2. The number of amides is 2. The van der Waals surface area contributed by atoms with Crippen molar-refractivity contribution in [3.05, 3.63) is 96.1 Å². The van der Waals surface area contributed by atoms with E-state index >= 15 is 0 Å². The normalized spacial score (nSPS) is 10.9. The first-order valence-corrected chi connectivity index (χ1v) is 28.1. The lowest BCUT2D eigenvalue weighted by atomic mass is 10.2. The van der Waals surface area contributed by atoms with Crippen LogP contribution in [0.2, 0.25) is 0 Å². The number of anilines is 4. The van der Waals surface area contributed by atoms with Gasteiger partial charge in [-0.15, -0.1) is 0 Å². The number of aliphatic hydroxyl groups excluding tert-OH is 2. The first kappa shape index (κ1) is 80.0. The molecule has 4 aromatic heterocycles. The Hall–Kier alpha value is -6.52. The van der Waals surface area contributed by atoms with Crippen LogP contribution in [0.25, 0.3) is 0 Å². The number of carbonyl (C=O) groups is 4. The van der Waals surface area contributed by atoms with E-state index in [-0.39, 0.29) is 41.3 Å². The number of nitrogens with two attached hydrogens (primary N) is 2. The Kier molecular flexibility index (Phi) is 39.0. The smallest absolute Gasteiger partial charge is 0.444 e. The zero-order valence-corrected chi connectivity index (χ0v) is 49.1. The molecule has 0 spiro atoms. The number of carbonyl (C=O) groups excluding carboxylic acids is 4. The maximum absolute atomic E-state index is 11.8. The fraction of sp³-hybridized carbons (Fsp3) is 0.538. The van der Waals surface area contributed by atoms with E-state index in [1.807, 2.05) is 0 Å². The Morgan fingerprint density at radius 2 is 0.850 bits per heavy atom. The Morgan fingerprint density at radius 3 is 1.15 bits per heavy atom. The monoisotopic (exact) mass is 1200 g/mol. The molecule has 0 bridgehead atoms. The summed E-state index contributed by atoms with van der Waals surface area (Å²) in [7, 11) is -2.18. The number of pyridine rings is 4. The van der Waals surface area contributed by atoms with Gasteiger partial charge in [-0.1, -0.05) is 14.9 Å². The minimum atomic E-state index is -3.49. The topological polar surface area (TPSA) is 360 Å². The second-order valence-corrected chi connectivity index (χ2v) is 24.5. The van der Waals surface area contributed by atoms with Crippen molar-refractivity contribution >= 4 is 77.1 Å². The van der Waals surface area contributed by atoms with Gasteiger partial charge in [0.1, 0.15) is 22.4 Å². The molecule has 0 aliphatic rings. The van der Waals surface area contributed by atoms with Crippen LogP contribution in [0.4, 0.5) is 46.3 Å². The Bertz CT molecular complexity index is 2580. The quantitative estimate of drug-likeness (QED) is 0.0252.